The number of hydrogen-bond donors (Lipinski definition) is 1. The van der Waals surface area contributed by atoms with E-state index in [0.717, 1.165) is 6.08 Å². The maximum absolute atomic E-state index is 11.6. The summed E-state index contributed by atoms with van der Waals surface area (Å²) >= 11 is 0. The normalized spacial score (nSPS) is 11.7. The number of rotatable bonds is 6. The molecule has 0 aliphatic heterocycles. The Morgan fingerprint density at radius 1 is 1.47 bits per heavy atom. The summed E-state index contributed by atoms with van der Waals surface area (Å²) in [5.41, 5.74) is 0. The summed E-state index contributed by atoms with van der Waals surface area (Å²) in [6, 6.07) is 0. The van der Waals surface area contributed by atoms with Crippen molar-refractivity contribution in [1.29, 1.82) is 0 Å². The molecule has 0 aromatic carbocycles. The van der Waals surface area contributed by atoms with Gasteiger partial charge in [0, 0.05) is 18.8 Å². The fraction of sp³-hybridized carbons (Fsp3) is 0.625. The average molecular weight is 227 g/mol. The SMILES string of the molecule is COC(=O)/C=C/NCCOCC(F)(F)F. The molecule has 0 radical (unpaired) electrons. The van der Waals surface area contributed by atoms with Crippen LogP contribution in [-0.4, -0.2) is 39.0 Å². The van der Waals surface area contributed by atoms with Gasteiger partial charge in [0.25, 0.3) is 0 Å². The number of methoxy groups -OCH3 is 1. The van der Waals surface area contributed by atoms with E-state index in [9.17, 15) is 18.0 Å². The molecule has 0 bridgehead atoms. The lowest BCUT2D eigenvalue weighted by atomic mass is 10.6. The average Bonchev–Trinajstić information content (AvgIpc) is 2.14. The third-order valence-electron chi connectivity index (χ3n) is 1.19. The van der Waals surface area contributed by atoms with Crippen LogP contribution in [0, 0.1) is 0 Å². The summed E-state index contributed by atoms with van der Waals surface area (Å²) in [4.78, 5) is 10.5. The number of nitrogens with one attached hydrogen (secondary N) is 1. The Balaban J connectivity index is 3.33. The molecule has 1 N–H and O–H groups in total. The fourth-order valence-corrected chi connectivity index (χ4v) is 0.597. The van der Waals surface area contributed by atoms with Crippen LogP contribution in [0.4, 0.5) is 13.2 Å². The van der Waals surface area contributed by atoms with Gasteiger partial charge in [-0.25, -0.2) is 4.79 Å². The number of hydrogen-bond acceptors (Lipinski definition) is 4. The Morgan fingerprint density at radius 3 is 2.67 bits per heavy atom. The molecular weight excluding hydrogens is 215 g/mol. The van der Waals surface area contributed by atoms with Crippen LogP contribution in [0.1, 0.15) is 0 Å². The Morgan fingerprint density at radius 2 is 2.13 bits per heavy atom. The molecule has 0 heterocycles. The third kappa shape index (κ3) is 10.7. The zero-order chi connectivity index (χ0) is 11.7. The fourth-order valence-electron chi connectivity index (χ4n) is 0.597. The highest BCUT2D eigenvalue weighted by atomic mass is 19.4. The van der Waals surface area contributed by atoms with Crippen molar-refractivity contribution in [3.05, 3.63) is 12.3 Å². The van der Waals surface area contributed by atoms with Crippen LogP contribution in [0.5, 0.6) is 0 Å². The molecule has 0 aliphatic rings. The monoisotopic (exact) mass is 227 g/mol. The van der Waals surface area contributed by atoms with Crippen molar-refractivity contribution in [3.63, 3.8) is 0 Å². The van der Waals surface area contributed by atoms with E-state index >= 15 is 0 Å². The Labute approximate surface area is 85.0 Å². The molecule has 0 fully saturated rings. The van der Waals surface area contributed by atoms with Gasteiger partial charge in [-0.15, -0.1) is 0 Å². The van der Waals surface area contributed by atoms with Crippen LogP contribution in [-0.2, 0) is 14.3 Å². The minimum absolute atomic E-state index is 0.0922. The molecule has 88 valence electrons. The van der Waals surface area contributed by atoms with E-state index in [4.69, 9.17) is 0 Å². The summed E-state index contributed by atoms with van der Waals surface area (Å²) < 4.78 is 43.3. The molecule has 0 atom stereocenters. The van der Waals surface area contributed by atoms with Crippen LogP contribution in [0.25, 0.3) is 0 Å². The number of halogens is 3. The van der Waals surface area contributed by atoms with Crippen LogP contribution in [0.15, 0.2) is 12.3 Å². The minimum Gasteiger partial charge on any atom is -0.466 e. The van der Waals surface area contributed by atoms with Crippen LogP contribution < -0.4 is 5.32 Å². The van der Waals surface area contributed by atoms with Gasteiger partial charge in [-0.05, 0) is 0 Å². The predicted molar refractivity (Wildman–Crippen MR) is 46.0 cm³/mol. The first-order valence-electron chi connectivity index (χ1n) is 4.08. The first kappa shape index (κ1) is 13.8. The number of carbonyl (C=O) groups is 1. The summed E-state index contributed by atoms with van der Waals surface area (Å²) in [6.07, 6.45) is -1.91. The van der Waals surface area contributed by atoms with Crippen molar-refractivity contribution < 1.29 is 27.4 Å². The second-order valence-electron chi connectivity index (χ2n) is 2.48. The maximum Gasteiger partial charge on any atom is 0.411 e. The topological polar surface area (TPSA) is 47.6 Å². The van der Waals surface area contributed by atoms with Gasteiger partial charge in [0.15, 0.2) is 0 Å². The first-order chi connectivity index (χ1) is 6.95. The lowest BCUT2D eigenvalue weighted by molar-refractivity contribution is -0.173. The summed E-state index contributed by atoms with van der Waals surface area (Å²) in [5, 5.41) is 2.56. The highest BCUT2D eigenvalue weighted by Gasteiger charge is 2.26. The summed E-state index contributed by atoms with van der Waals surface area (Å²) in [6.45, 7) is -1.18. The number of ether oxygens (including phenoxy) is 2. The Kier molecular flexibility index (Phi) is 6.52. The summed E-state index contributed by atoms with van der Waals surface area (Å²) in [5.74, 6) is -0.543. The van der Waals surface area contributed by atoms with E-state index in [1.165, 1.54) is 13.3 Å². The first-order valence-corrected chi connectivity index (χ1v) is 4.08. The molecule has 15 heavy (non-hydrogen) atoms. The van der Waals surface area contributed by atoms with Gasteiger partial charge in [-0.2, -0.15) is 13.2 Å². The van der Waals surface area contributed by atoms with Crippen molar-refractivity contribution in [2.45, 2.75) is 6.18 Å². The van der Waals surface area contributed by atoms with Crippen molar-refractivity contribution in [2.24, 2.45) is 0 Å². The second kappa shape index (κ2) is 7.10. The largest absolute Gasteiger partial charge is 0.466 e. The highest BCUT2D eigenvalue weighted by molar-refractivity contribution is 5.81. The molecule has 0 amide bonds. The van der Waals surface area contributed by atoms with Crippen molar-refractivity contribution in [1.82, 2.24) is 5.32 Å². The van der Waals surface area contributed by atoms with Crippen molar-refractivity contribution in [3.8, 4) is 0 Å². The van der Waals surface area contributed by atoms with Crippen LogP contribution >= 0.6 is 0 Å². The van der Waals surface area contributed by atoms with Gasteiger partial charge in [-0.1, -0.05) is 0 Å². The van der Waals surface area contributed by atoms with Crippen LogP contribution in [0.3, 0.4) is 0 Å². The van der Waals surface area contributed by atoms with E-state index < -0.39 is 18.8 Å². The Hall–Kier alpha value is -1.24. The van der Waals surface area contributed by atoms with E-state index in [-0.39, 0.29) is 13.2 Å². The molecule has 7 heteroatoms. The molecule has 4 nitrogen and oxygen atoms in total. The van der Waals surface area contributed by atoms with Gasteiger partial charge in [0.05, 0.1) is 13.7 Å². The van der Waals surface area contributed by atoms with E-state index in [2.05, 4.69) is 14.8 Å². The van der Waals surface area contributed by atoms with Gasteiger partial charge in [0.2, 0.25) is 0 Å². The lowest BCUT2D eigenvalue weighted by Gasteiger charge is -2.06. The second-order valence-corrected chi connectivity index (χ2v) is 2.48. The molecule has 0 aromatic rings. The zero-order valence-electron chi connectivity index (χ0n) is 8.13. The zero-order valence-corrected chi connectivity index (χ0v) is 8.13. The number of alkyl halides is 3. The van der Waals surface area contributed by atoms with E-state index in [1.807, 2.05) is 0 Å². The molecule has 0 aliphatic carbocycles. The standard InChI is InChI=1S/C8H12F3NO3/c1-14-7(13)2-3-12-4-5-15-6-8(9,10)11/h2-3,12H,4-6H2,1H3/b3-2+. The molecule has 0 rings (SSSR count). The number of esters is 1. The predicted octanol–water partition coefficient (Wildman–Crippen LogP) is 0.842. The van der Waals surface area contributed by atoms with Crippen molar-refractivity contribution in [2.75, 3.05) is 26.9 Å². The Bertz CT molecular complexity index is 216. The van der Waals surface area contributed by atoms with E-state index in [0.29, 0.717) is 0 Å². The molecule has 0 saturated carbocycles. The molecule has 0 unspecified atom stereocenters. The van der Waals surface area contributed by atoms with Gasteiger partial charge >= 0.3 is 12.1 Å². The smallest absolute Gasteiger partial charge is 0.411 e. The lowest BCUT2D eigenvalue weighted by Crippen LogP contribution is -2.21. The maximum atomic E-state index is 11.6. The summed E-state index contributed by atoms with van der Waals surface area (Å²) in [7, 11) is 1.22. The third-order valence-corrected chi connectivity index (χ3v) is 1.19. The molecule has 0 aromatic heterocycles. The minimum atomic E-state index is -4.30. The van der Waals surface area contributed by atoms with Crippen LogP contribution in [0.2, 0.25) is 0 Å². The number of carbonyl (C=O) groups excluding carboxylic acids is 1. The van der Waals surface area contributed by atoms with E-state index in [1.54, 1.807) is 0 Å². The van der Waals surface area contributed by atoms with Gasteiger partial charge in [-0.3, -0.25) is 0 Å². The van der Waals surface area contributed by atoms with Gasteiger partial charge < -0.3 is 14.8 Å². The van der Waals surface area contributed by atoms with Crippen molar-refractivity contribution >= 4 is 5.97 Å². The van der Waals surface area contributed by atoms with Gasteiger partial charge in [0.1, 0.15) is 6.61 Å². The molecule has 0 spiro atoms. The highest BCUT2D eigenvalue weighted by Crippen LogP contribution is 2.13. The quantitative estimate of drug-likeness (QED) is 0.415. The molecule has 0 saturated heterocycles. The molecular formula is C8H12F3NO3.